The van der Waals surface area contributed by atoms with Crippen LogP contribution in [0, 0.1) is 5.92 Å². The van der Waals surface area contributed by atoms with Crippen molar-refractivity contribution in [3.63, 3.8) is 0 Å². The van der Waals surface area contributed by atoms with Crippen LogP contribution in [0.3, 0.4) is 0 Å². The van der Waals surface area contributed by atoms with Crippen LogP contribution < -0.4 is 5.32 Å². The normalized spacial score (nSPS) is 20.6. The lowest BCUT2D eigenvalue weighted by atomic mass is 10.0. The Balaban J connectivity index is 1.99. The average Bonchev–Trinajstić information content (AvgIpc) is 2.38. The van der Waals surface area contributed by atoms with Crippen molar-refractivity contribution >= 4 is 29.2 Å². The molecule has 0 bridgehead atoms. The van der Waals surface area contributed by atoms with E-state index in [9.17, 15) is 4.79 Å². The van der Waals surface area contributed by atoms with Gasteiger partial charge in [-0.25, -0.2) is 4.79 Å². The van der Waals surface area contributed by atoms with E-state index in [1.807, 2.05) is 17.9 Å². The third-order valence-corrected chi connectivity index (χ3v) is 4.28. The zero-order chi connectivity index (χ0) is 14.7. The number of carbonyl (C=O) groups is 1. The van der Waals surface area contributed by atoms with Gasteiger partial charge in [0.25, 0.3) is 0 Å². The van der Waals surface area contributed by atoms with Crippen molar-refractivity contribution in [2.45, 2.75) is 32.7 Å². The second-order valence-corrected chi connectivity index (χ2v) is 6.37. The molecule has 1 aromatic rings. The van der Waals surface area contributed by atoms with E-state index >= 15 is 0 Å². The summed E-state index contributed by atoms with van der Waals surface area (Å²) in [4.78, 5) is 14.1. The number of carbonyl (C=O) groups excluding carboxylic acids is 1. The molecule has 2 unspecified atom stereocenters. The molecular formula is C15H20Cl2N2O. The maximum atomic E-state index is 12.3. The Kier molecular flexibility index (Phi) is 5.17. The third kappa shape index (κ3) is 3.80. The number of hydrogen-bond acceptors (Lipinski definition) is 1. The SMILES string of the molecule is CC1CCCN(C(=O)NC(C)c2ccc(Cl)cc2Cl)C1. The second kappa shape index (κ2) is 6.68. The molecule has 1 heterocycles. The predicted octanol–water partition coefficient (Wildman–Crippen LogP) is 4.50. The van der Waals surface area contributed by atoms with Crippen LogP contribution in [0.4, 0.5) is 4.79 Å². The van der Waals surface area contributed by atoms with Gasteiger partial charge in [-0.2, -0.15) is 0 Å². The fourth-order valence-electron chi connectivity index (χ4n) is 2.58. The van der Waals surface area contributed by atoms with Gasteiger partial charge in [0, 0.05) is 23.1 Å². The summed E-state index contributed by atoms with van der Waals surface area (Å²) in [6.45, 7) is 5.77. The molecule has 1 N–H and O–H groups in total. The maximum Gasteiger partial charge on any atom is 0.317 e. The molecule has 1 aromatic carbocycles. The zero-order valence-electron chi connectivity index (χ0n) is 11.8. The van der Waals surface area contributed by atoms with Crippen molar-refractivity contribution in [1.82, 2.24) is 10.2 Å². The van der Waals surface area contributed by atoms with Gasteiger partial charge in [-0.3, -0.25) is 0 Å². The van der Waals surface area contributed by atoms with Crippen LogP contribution in [0.1, 0.15) is 38.3 Å². The molecule has 3 nitrogen and oxygen atoms in total. The molecule has 110 valence electrons. The molecular weight excluding hydrogens is 295 g/mol. The smallest absolute Gasteiger partial charge is 0.317 e. The Morgan fingerprint density at radius 1 is 1.45 bits per heavy atom. The predicted molar refractivity (Wildman–Crippen MR) is 83.4 cm³/mol. The Labute approximate surface area is 130 Å². The fourth-order valence-corrected chi connectivity index (χ4v) is 3.15. The number of urea groups is 1. The highest BCUT2D eigenvalue weighted by Gasteiger charge is 2.22. The highest BCUT2D eigenvalue weighted by molar-refractivity contribution is 6.35. The largest absolute Gasteiger partial charge is 0.331 e. The summed E-state index contributed by atoms with van der Waals surface area (Å²) in [5.74, 6) is 0.573. The number of nitrogens with zero attached hydrogens (tertiary/aromatic N) is 1. The van der Waals surface area contributed by atoms with Crippen molar-refractivity contribution in [1.29, 1.82) is 0 Å². The quantitative estimate of drug-likeness (QED) is 0.856. The number of piperidine rings is 1. The lowest BCUT2D eigenvalue weighted by Crippen LogP contribution is -2.45. The van der Waals surface area contributed by atoms with Gasteiger partial charge in [0.05, 0.1) is 6.04 Å². The van der Waals surface area contributed by atoms with Crippen LogP contribution in [-0.2, 0) is 0 Å². The van der Waals surface area contributed by atoms with E-state index in [1.54, 1.807) is 12.1 Å². The van der Waals surface area contributed by atoms with Gasteiger partial charge in [-0.15, -0.1) is 0 Å². The molecule has 0 saturated carbocycles. The summed E-state index contributed by atoms with van der Waals surface area (Å²) in [5.41, 5.74) is 0.884. The van der Waals surface area contributed by atoms with E-state index in [4.69, 9.17) is 23.2 Å². The molecule has 0 aromatic heterocycles. The van der Waals surface area contributed by atoms with Crippen molar-refractivity contribution in [3.05, 3.63) is 33.8 Å². The van der Waals surface area contributed by atoms with Gasteiger partial charge in [0.15, 0.2) is 0 Å². The van der Waals surface area contributed by atoms with Crippen LogP contribution in [0.5, 0.6) is 0 Å². The average molecular weight is 315 g/mol. The minimum atomic E-state index is -0.135. The van der Waals surface area contributed by atoms with Crippen molar-refractivity contribution in [2.24, 2.45) is 5.92 Å². The van der Waals surface area contributed by atoms with Crippen molar-refractivity contribution in [3.8, 4) is 0 Å². The van der Waals surface area contributed by atoms with Gasteiger partial charge in [0.2, 0.25) is 0 Å². The van der Waals surface area contributed by atoms with Gasteiger partial charge in [-0.05, 0) is 43.4 Å². The monoisotopic (exact) mass is 314 g/mol. The minimum Gasteiger partial charge on any atom is -0.331 e. The summed E-state index contributed by atoms with van der Waals surface area (Å²) < 4.78 is 0. The van der Waals surface area contributed by atoms with Crippen LogP contribution >= 0.6 is 23.2 Å². The van der Waals surface area contributed by atoms with Crippen LogP contribution in [-0.4, -0.2) is 24.0 Å². The summed E-state index contributed by atoms with van der Waals surface area (Å²) in [6.07, 6.45) is 2.27. The van der Waals surface area contributed by atoms with Gasteiger partial charge in [-0.1, -0.05) is 36.2 Å². The number of benzene rings is 1. The fraction of sp³-hybridized carbons (Fsp3) is 0.533. The highest BCUT2D eigenvalue weighted by Crippen LogP contribution is 2.26. The first kappa shape index (κ1) is 15.5. The first-order chi connectivity index (χ1) is 9.47. The van der Waals surface area contributed by atoms with Crippen molar-refractivity contribution < 1.29 is 4.79 Å². The molecule has 2 atom stereocenters. The molecule has 0 aliphatic carbocycles. The van der Waals surface area contributed by atoms with Crippen LogP contribution in [0.2, 0.25) is 10.0 Å². The highest BCUT2D eigenvalue weighted by atomic mass is 35.5. The van der Waals surface area contributed by atoms with E-state index in [-0.39, 0.29) is 12.1 Å². The third-order valence-electron chi connectivity index (χ3n) is 3.71. The van der Waals surface area contributed by atoms with Crippen LogP contribution in [0.25, 0.3) is 0 Å². The molecule has 0 spiro atoms. The number of halogens is 2. The second-order valence-electron chi connectivity index (χ2n) is 5.53. The summed E-state index contributed by atoms with van der Waals surface area (Å²) in [7, 11) is 0. The number of likely N-dealkylation sites (tertiary alicyclic amines) is 1. The Hall–Kier alpha value is -0.930. The Morgan fingerprint density at radius 3 is 2.85 bits per heavy atom. The first-order valence-electron chi connectivity index (χ1n) is 6.97. The zero-order valence-corrected chi connectivity index (χ0v) is 13.3. The first-order valence-corrected chi connectivity index (χ1v) is 7.73. The lowest BCUT2D eigenvalue weighted by molar-refractivity contribution is 0.167. The van der Waals surface area contributed by atoms with Gasteiger partial charge >= 0.3 is 6.03 Å². The van der Waals surface area contributed by atoms with E-state index in [0.29, 0.717) is 16.0 Å². The topological polar surface area (TPSA) is 32.3 Å². The number of hydrogen-bond donors (Lipinski definition) is 1. The maximum absolute atomic E-state index is 12.3. The Morgan fingerprint density at radius 2 is 2.20 bits per heavy atom. The molecule has 1 aliphatic heterocycles. The molecule has 5 heteroatoms. The number of nitrogens with one attached hydrogen (secondary N) is 1. The lowest BCUT2D eigenvalue weighted by Gasteiger charge is -2.32. The van der Waals surface area contributed by atoms with Gasteiger partial charge < -0.3 is 10.2 Å². The molecule has 2 amide bonds. The summed E-state index contributed by atoms with van der Waals surface area (Å²) in [6, 6.07) is 5.19. The molecule has 0 radical (unpaired) electrons. The Bertz CT molecular complexity index is 493. The minimum absolute atomic E-state index is 0.0185. The summed E-state index contributed by atoms with van der Waals surface area (Å²) >= 11 is 12.1. The van der Waals surface area contributed by atoms with Crippen molar-refractivity contribution in [2.75, 3.05) is 13.1 Å². The number of rotatable bonds is 2. The van der Waals surface area contributed by atoms with E-state index < -0.39 is 0 Å². The van der Waals surface area contributed by atoms with E-state index in [2.05, 4.69) is 12.2 Å². The molecule has 2 rings (SSSR count). The molecule has 1 aliphatic rings. The summed E-state index contributed by atoms with van der Waals surface area (Å²) in [5, 5.41) is 4.19. The van der Waals surface area contributed by atoms with E-state index in [1.165, 1.54) is 6.42 Å². The molecule has 20 heavy (non-hydrogen) atoms. The standard InChI is InChI=1S/C15H20Cl2N2O/c1-10-4-3-7-19(9-10)15(20)18-11(2)13-6-5-12(16)8-14(13)17/h5-6,8,10-11H,3-4,7,9H2,1-2H3,(H,18,20). The van der Waals surface area contributed by atoms with Crippen LogP contribution in [0.15, 0.2) is 18.2 Å². The molecule has 1 fully saturated rings. The molecule has 1 saturated heterocycles. The number of amides is 2. The van der Waals surface area contributed by atoms with Gasteiger partial charge in [0.1, 0.15) is 0 Å². The van der Waals surface area contributed by atoms with E-state index in [0.717, 1.165) is 25.1 Å².